The molecule has 0 unspecified atom stereocenters. The van der Waals surface area contributed by atoms with E-state index in [4.69, 9.17) is 9.47 Å². The Balaban J connectivity index is 1.79. The molecule has 6 nitrogen and oxygen atoms in total. The highest BCUT2D eigenvalue weighted by molar-refractivity contribution is 7.16. The second-order valence-electron chi connectivity index (χ2n) is 7.14. The van der Waals surface area contributed by atoms with Gasteiger partial charge in [-0.15, -0.1) is 11.3 Å². The fourth-order valence-corrected chi connectivity index (χ4v) is 3.99. The lowest BCUT2D eigenvalue weighted by molar-refractivity contribution is -0.117. The van der Waals surface area contributed by atoms with Crippen molar-refractivity contribution >= 4 is 34.0 Å². The van der Waals surface area contributed by atoms with Gasteiger partial charge in [-0.2, -0.15) is 0 Å². The first-order chi connectivity index (χ1) is 13.8. The fourth-order valence-electron chi connectivity index (χ4n) is 2.94. The standard InChI is InChI=1S/C22H25NO5S/c1-5-27-18-9-8-16(13(3)24)10-17(18)11-28-22(26)19-12(2)14(4)29-21(19)23-20(25)15-6-7-15/h8-10,15H,5-7,11H2,1-4H3,(H,23,25). The molecule has 0 bridgehead atoms. The maximum atomic E-state index is 12.9. The highest BCUT2D eigenvalue weighted by atomic mass is 32.1. The molecule has 1 heterocycles. The second kappa shape index (κ2) is 8.78. The van der Waals surface area contributed by atoms with E-state index in [1.807, 2.05) is 20.8 Å². The van der Waals surface area contributed by atoms with Crippen molar-refractivity contribution in [1.29, 1.82) is 0 Å². The summed E-state index contributed by atoms with van der Waals surface area (Å²) in [6.07, 6.45) is 1.78. The van der Waals surface area contributed by atoms with Crippen molar-refractivity contribution in [2.45, 2.75) is 47.1 Å². The van der Waals surface area contributed by atoms with Crippen molar-refractivity contribution in [3.05, 3.63) is 45.3 Å². The van der Waals surface area contributed by atoms with Crippen molar-refractivity contribution in [2.75, 3.05) is 11.9 Å². The Morgan fingerprint density at radius 2 is 1.93 bits per heavy atom. The summed E-state index contributed by atoms with van der Waals surface area (Å²) in [4.78, 5) is 37.7. The third-order valence-electron chi connectivity index (χ3n) is 4.90. The van der Waals surface area contributed by atoms with E-state index in [1.54, 1.807) is 18.2 Å². The topological polar surface area (TPSA) is 81.7 Å². The van der Waals surface area contributed by atoms with Crippen LogP contribution in [0.5, 0.6) is 5.75 Å². The first kappa shape index (κ1) is 21.0. The number of benzene rings is 1. The number of esters is 1. The van der Waals surface area contributed by atoms with Crippen LogP contribution in [0.25, 0.3) is 0 Å². The number of carbonyl (C=O) groups is 3. The second-order valence-corrected chi connectivity index (χ2v) is 8.36. The van der Waals surface area contributed by atoms with Crippen LogP contribution in [0.3, 0.4) is 0 Å². The van der Waals surface area contributed by atoms with Gasteiger partial charge in [0.1, 0.15) is 17.4 Å². The first-order valence-electron chi connectivity index (χ1n) is 9.66. The van der Waals surface area contributed by atoms with Crippen LogP contribution in [-0.2, 0) is 16.1 Å². The smallest absolute Gasteiger partial charge is 0.341 e. The first-order valence-corrected chi connectivity index (χ1v) is 10.5. The Hall–Kier alpha value is -2.67. The minimum atomic E-state index is -0.506. The van der Waals surface area contributed by atoms with Gasteiger partial charge in [0.05, 0.1) is 12.2 Å². The lowest BCUT2D eigenvalue weighted by atomic mass is 10.1. The third-order valence-corrected chi connectivity index (χ3v) is 6.02. The number of amides is 1. The van der Waals surface area contributed by atoms with Crippen LogP contribution in [0.4, 0.5) is 5.00 Å². The fraction of sp³-hybridized carbons (Fsp3) is 0.409. The SMILES string of the molecule is CCOc1ccc(C(C)=O)cc1COC(=O)c1c(NC(=O)C2CC2)sc(C)c1C. The van der Waals surface area contributed by atoms with Gasteiger partial charge in [-0.25, -0.2) is 4.79 Å². The quantitative estimate of drug-likeness (QED) is 0.500. The van der Waals surface area contributed by atoms with E-state index in [9.17, 15) is 14.4 Å². The average Bonchev–Trinajstić information content (AvgIpc) is 3.48. The summed E-state index contributed by atoms with van der Waals surface area (Å²) in [7, 11) is 0. The number of anilines is 1. The number of carbonyl (C=O) groups excluding carboxylic acids is 3. The number of thiophene rings is 1. The number of aryl methyl sites for hydroxylation is 1. The summed E-state index contributed by atoms with van der Waals surface area (Å²) in [6, 6.07) is 5.09. The van der Waals surface area contributed by atoms with Gasteiger partial charge in [-0.1, -0.05) is 0 Å². The third kappa shape index (κ3) is 4.85. The molecule has 0 aliphatic heterocycles. The monoisotopic (exact) mass is 415 g/mol. The molecule has 1 aliphatic carbocycles. The van der Waals surface area contributed by atoms with Crippen LogP contribution in [0.15, 0.2) is 18.2 Å². The van der Waals surface area contributed by atoms with E-state index in [-0.39, 0.29) is 24.2 Å². The van der Waals surface area contributed by atoms with Gasteiger partial charge in [0.25, 0.3) is 0 Å². The Labute approximate surface area is 174 Å². The molecule has 0 radical (unpaired) electrons. The lowest BCUT2D eigenvalue weighted by Crippen LogP contribution is -2.16. The maximum absolute atomic E-state index is 12.9. The van der Waals surface area contributed by atoms with Crippen LogP contribution >= 0.6 is 11.3 Å². The highest BCUT2D eigenvalue weighted by Gasteiger charge is 2.31. The molecule has 1 amide bonds. The van der Waals surface area contributed by atoms with Gasteiger partial charge < -0.3 is 14.8 Å². The van der Waals surface area contributed by atoms with Crippen LogP contribution in [0.2, 0.25) is 0 Å². The zero-order valence-electron chi connectivity index (χ0n) is 17.1. The minimum absolute atomic E-state index is 0.0281. The molecule has 1 saturated carbocycles. The van der Waals surface area contributed by atoms with Crippen LogP contribution in [-0.4, -0.2) is 24.3 Å². The van der Waals surface area contributed by atoms with Crippen LogP contribution in [0.1, 0.15) is 63.4 Å². The molecule has 154 valence electrons. The summed E-state index contributed by atoms with van der Waals surface area (Å²) < 4.78 is 11.1. The van der Waals surface area contributed by atoms with Crippen LogP contribution in [0, 0.1) is 19.8 Å². The molecular weight excluding hydrogens is 390 g/mol. The Bertz CT molecular complexity index is 958. The molecule has 2 aromatic rings. The maximum Gasteiger partial charge on any atom is 0.341 e. The summed E-state index contributed by atoms with van der Waals surface area (Å²) in [6.45, 7) is 7.53. The van der Waals surface area contributed by atoms with Gasteiger partial charge in [0.15, 0.2) is 5.78 Å². The zero-order chi connectivity index (χ0) is 21.1. The Morgan fingerprint density at radius 3 is 2.55 bits per heavy atom. The van der Waals surface area contributed by atoms with Crippen molar-refractivity contribution < 1.29 is 23.9 Å². The summed E-state index contributed by atoms with van der Waals surface area (Å²) >= 11 is 1.38. The molecular formula is C22H25NO5S. The summed E-state index contributed by atoms with van der Waals surface area (Å²) in [5.41, 5.74) is 2.34. The van der Waals surface area contributed by atoms with E-state index in [0.29, 0.717) is 34.0 Å². The van der Waals surface area contributed by atoms with Crippen molar-refractivity contribution in [1.82, 2.24) is 0 Å². The highest BCUT2D eigenvalue weighted by Crippen LogP contribution is 2.36. The molecule has 1 aliphatic rings. The van der Waals surface area contributed by atoms with Gasteiger partial charge in [-0.3, -0.25) is 9.59 Å². The van der Waals surface area contributed by atoms with Crippen molar-refractivity contribution in [3.63, 3.8) is 0 Å². The van der Waals surface area contributed by atoms with Crippen LogP contribution < -0.4 is 10.1 Å². The lowest BCUT2D eigenvalue weighted by Gasteiger charge is -2.13. The van der Waals surface area contributed by atoms with E-state index in [2.05, 4.69) is 5.32 Å². The number of rotatable bonds is 8. The molecule has 29 heavy (non-hydrogen) atoms. The molecule has 0 saturated heterocycles. The zero-order valence-corrected chi connectivity index (χ0v) is 17.9. The molecule has 1 aromatic carbocycles. The van der Waals surface area contributed by atoms with Crippen molar-refractivity contribution in [2.24, 2.45) is 5.92 Å². The number of ether oxygens (including phenoxy) is 2. The van der Waals surface area contributed by atoms with Gasteiger partial charge in [0, 0.05) is 21.9 Å². The molecule has 3 rings (SSSR count). The number of ketones is 1. The Kier molecular flexibility index (Phi) is 6.37. The molecule has 0 atom stereocenters. The Morgan fingerprint density at radius 1 is 1.21 bits per heavy atom. The molecule has 7 heteroatoms. The molecule has 1 fully saturated rings. The number of hydrogen-bond donors (Lipinski definition) is 1. The average molecular weight is 416 g/mol. The minimum Gasteiger partial charge on any atom is -0.493 e. The van der Waals surface area contributed by atoms with Crippen molar-refractivity contribution in [3.8, 4) is 5.75 Å². The number of nitrogens with one attached hydrogen (secondary N) is 1. The molecule has 1 N–H and O–H groups in total. The normalized spacial score (nSPS) is 13.1. The van der Waals surface area contributed by atoms with Gasteiger partial charge >= 0.3 is 5.97 Å². The number of hydrogen-bond acceptors (Lipinski definition) is 6. The summed E-state index contributed by atoms with van der Waals surface area (Å²) in [5, 5.41) is 3.41. The van der Waals surface area contributed by atoms with E-state index in [0.717, 1.165) is 23.3 Å². The molecule has 0 spiro atoms. The van der Waals surface area contributed by atoms with E-state index >= 15 is 0 Å². The van der Waals surface area contributed by atoms with Gasteiger partial charge in [0.2, 0.25) is 5.91 Å². The summed E-state index contributed by atoms with van der Waals surface area (Å²) in [5.74, 6) is -0.00727. The predicted molar refractivity (Wildman–Crippen MR) is 112 cm³/mol. The largest absolute Gasteiger partial charge is 0.493 e. The van der Waals surface area contributed by atoms with E-state index < -0.39 is 5.97 Å². The molecule has 1 aromatic heterocycles. The van der Waals surface area contributed by atoms with E-state index in [1.165, 1.54) is 18.3 Å². The predicted octanol–water partition coefficient (Wildman–Crippen LogP) is 4.67. The van der Waals surface area contributed by atoms with Gasteiger partial charge in [-0.05, 0) is 64.3 Å². The number of Topliss-reactive ketones (excluding diaryl/α,β-unsaturated/α-hetero) is 1.